The van der Waals surface area contributed by atoms with Crippen LogP contribution in [-0.4, -0.2) is 35.1 Å². The third kappa shape index (κ3) is 3.79. The number of aromatic amines is 1. The SMILES string of the molecule is Cc1c(-c2ccc(C(N)=O)c3[nH]c4cc(NCCCO)ccc4c23)cccc1N1Cc2ccccc2C1=O. The molecule has 0 atom stereocenters. The van der Waals surface area contributed by atoms with Crippen LogP contribution in [0.2, 0.25) is 0 Å². The normalized spacial score (nSPS) is 12.9. The number of aliphatic hydroxyl groups excluding tert-OH is 1. The molecule has 0 saturated carbocycles. The Morgan fingerprint density at radius 1 is 1.03 bits per heavy atom. The zero-order chi connectivity index (χ0) is 26.4. The number of H-pyrrole nitrogens is 1. The first-order valence-corrected chi connectivity index (χ1v) is 12.7. The number of aromatic nitrogens is 1. The summed E-state index contributed by atoms with van der Waals surface area (Å²) in [5.41, 5.74) is 14.2. The lowest BCUT2D eigenvalue weighted by molar-refractivity contribution is 0.0990. The molecule has 0 radical (unpaired) electrons. The molecule has 2 heterocycles. The summed E-state index contributed by atoms with van der Waals surface area (Å²) in [5.74, 6) is -0.497. The Morgan fingerprint density at radius 2 is 1.84 bits per heavy atom. The molecule has 5 N–H and O–H groups in total. The van der Waals surface area contributed by atoms with E-state index in [0.29, 0.717) is 30.6 Å². The number of nitrogens with zero attached hydrogens (tertiary/aromatic N) is 1. The van der Waals surface area contributed by atoms with Crippen molar-refractivity contribution in [3.8, 4) is 11.1 Å². The van der Waals surface area contributed by atoms with E-state index in [2.05, 4.69) is 16.4 Å². The highest BCUT2D eigenvalue weighted by Crippen LogP contribution is 2.41. The summed E-state index contributed by atoms with van der Waals surface area (Å²) in [5, 5.41) is 14.3. The van der Waals surface area contributed by atoms with Gasteiger partial charge in [-0.05, 0) is 65.9 Å². The van der Waals surface area contributed by atoms with Gasteiger partial charge in [0.25, 0.3) is 11.8 Å². The largest absolute Gasteiger partial charge is 0.396 e. The van der Waals surface area contributed by atoms with E-state index < -0.39 is 5.91 Å². The molecule has 0 fully saturated rings. The predicted molar refractivity (Wildman–Crippen MR) is 152 cm³/mol. The van der Waals surface area contributed by atoms with Crippen LogP contribution in [0.1, 0.15) is 38.3 Å². The number of carbonyl (C=O) groups is 2. The highest BCUT2D eigenvalue weighted by Gasteiger charge is 2.29. The Bertz CT molecular complexity index is 1740. The molecule has 0 unspecified atom stereocenters. The van der Waals surface area contributed by atoms with Gasteiger partial charge in [0.15, 0.2) is 0 Å². The van der Waals surface area contributed by atoms with Crippen LogP contribution in [0.25, 0.3) is 32.9 Å². The summed E-state index contributed by atoms with van der Waals surface area (Å²) < 4.78 is 0. The first-order valence-electron chi connectivity index (χ1n) is 12.7. The highest BCUT2D eigenvalue weighted by molar-refractivity contribution is 6.20. The van der Waals surface area contributed by atoms with Gasteiger partial charge in [-0.15, -0.1) is 0 Å². The molecular weight excluding hydrogens is 476 g/mol. The highest BCUT2D eigenvalue weighted by atomic mass is 16.3. The zero-order valence-corrected chi connectivity index (χ0v) is 21.0. The van der Waals surface area contributed by atoms with Crippen molar-refractivity contribution < 1.29 is 14.7 Å². The zero-order valence-electron chi connectivity index (χ0n) is 21.0. The molecule has 1 aliphatic rings. The Morgan fingerprint density at radius 3 is 2.63 bits per heavy atom. The summed E-state index contributed by atoms with van der Waals surface area (Å²) in [4.78, 5) is 30.8. The second-order valence-electron chi connectivity index (χ2n) is 9.66. The maximum atomic E-state index is 13.2. The number of hydrogen-bond donors (Lipinski definition) is 4. The lowest BCUT2D eigenvalue weighted by atomic mass is 9.93. The quantitative estimate of drug-likeness (QED) is 0.224. The van der Waals surface area contributed by atoms with E-state index in [1.165, 1.54) is 0 Å². The number of benzene rings is 4. The number of anilines is 2. The number of hydrogen-bond acceptors (Lipinski definition) is 4. The minimum Gasteiger partial charge on any atom is -0.396 e. The standard InChI is InChI=1S/C31H28N4O3/c1-18-21(8-4-9-27(18)35-17-19-6-2-3-7-22(19)31(35)38)23-12-13-25(30(32)37)29-28(23)24-11-10-20(16-26(24)34-29)33-14-5-15-36/h2-4,6-13,16,33-34,36H,5,14-15,17H2,1H3,(H2,32,37). The molecule has 1 aliphatic heterocycles. The maximum absolute atomic E-state index is 13.2. The summed E-state index contributed by atoms with van der Waals surface area (Å²) >= 11 is 0. The number of primary amides is 1. The molecule has 7 nitrogen and oxygen atoms in total. The molecule has 0 aliphatic carbocycles. The summed E-state index contributed by atoms with van der Waals surface area (Å²) in [7, 11) is 0. The van der Waals surface area contributed by atoms with Gasteiger partial charge in [-0.2, -0.15) is 0 Å². The van der Waals surface area contributed by atoms with E-state index in [-0.39, 0.29) is 12.5 Å². The number of aliphatic hydroxyl groups is 1. The van der Waals surface area contributed by atoms with Gasteiger partial charge in [0.2, 0.25) is 0 Å². The van der Waals surface area contributed by atoms with Crippen molar-refractivity contribution in [2.24, 2.45) is 5.73 Å². The lowest BCUT2D eigenvalue weighted by Crippen LogP contribution is -2.24. The van der Waals surface area contributed by atoms with Gasteiger partial charge in [0, 0.05) is 46.4 Å². The number of amides is 2. The van der Waals surface area contributed by atoms with Crippen LogP contribution in [0.4, 0.5) is 11.4 Å². The second-order valence-corrected chi connectivity index (χ2v) is 9.66. The number of fused-ring (bicyclic) bond motifs is 4. The maximum Gasteiger partial charge on any atom is 0.258 e. The van der Waals surface area contributed by atoms with E-state index in [1.807, 2.05) is 72.5 Å². The Kier molecular flexibility index (Phi) is 5.85. The van der Waals surface area contributed by atoms with Crippen LogP contribution in [-0.2, 0) is 6.54 Å². The van der Waals surface area contributed by atoms with Crippen molar-refractivity contribution in [1.29, 1.82) is 0 Å². The summed E-state index contributed by atoms with van der Waals surface area (Å²) in [6.45, 7) is 3.35. The van der Waals surface area contributed by atoms with E-state index >= 15 is 0 Å². The molecule has 2 amide bonds. The molecule has 0 saturated heterocycles. The van der Waals surface area contributed by atoms with E-state index in [0.717, 1.165) is 55.5 Å². The number of carbonyl (C=O) groups excluding carboxylic acids is 2. The number of nitrogens with one attached hydrogen (secondary N) is 2. The van der Waals surface area contributed by atoms with Crippen LogP contribution in [0, 0.1) is 6.92 Å². The molecule has 5 aromatic rings. The monoisotopic (exact) mass is 504 g/mol. The molecule has 0 spiro atoms. The molecule has 38 heavy (non-hydrogen) atoms. The summed E-state index contributed by atoms with van der Waals surface area (Å²) in [6, 6.07) is 23.5. The minimum absolute atomic E-state index is 0.00314. The van der Waals surface area contributed by atoms with Crippen LogP contribution in [0.15, 0.2) is 72.8 Å². The minimum atomic E-state index is -0.500. The van der Waals surface area contributed by atoms with E-state index in [4.69, 9.17) is 10.8 Å². The van der Waals surface area contributed by atoms with Crippen molar-refractivity contribution in [2.45, 2.75) is 19.9 Å². The van der Waals surface area contributed by atoms with Gasteiger partial charge in [-0.1, -0.05) is 42.5 Å². The molecule has 0 bridgehead atoms. The van der Waals surface area contributed by atoms with E-state index in [1.54, 1.807) is 6.07 Å². The van der Waals surface area contributed by atoms with Gasteiger partial charge < -0.3 is 26.0 Å². The van der Waals surface area contributed by atoms with Gasteiger partial charge in [0.1, 0.15) is 0 Å². The average Bonchev–Trinajstić information content (AvgIpc) is 3.46. The van der Waals surface area contributed by atoms with Crippen LogP contribution in [0.3, 0.4) is 0 Å². The van der Waals surface area contributed by atoms with Crippen molar-refractivity contribution >= 4 is 45.0 Å². The Labute approximate surface area is 219 Å². The topological polar surface area (TPSA) is 111 Å². The molecule has 4 aromatic carbocycles. The molecule has 190 valence electrons. The molecule has 7 heteroatoms. The second kappa shape index (κ2) is 9.36. The van der Waals surface area contributed by atoms with Crippen molar-refractivity contribution in [3.63, 3.8) is 0 Å². The van der Waals surface area contributed by atoms with Crippen LogP contribution >= 0.6 is 0 Å². The van der Waals surface area contributed by atoms with Gasteiger partial charge in [0.05, 0.1) is 17.6 Å². The Balaban J connectivity index is 1.50. The molecule has 1 aromatic heterocycles. The lowest BCUT2D eigenvalue weighted by Gasteiger charge is -2.21. The third-order valence-corrected chi connectivity index (χ3v) is 7.39. The van der Waals surface area contributed by atoms with Crippen molar-refractivity contribution in [1.82, 2.24) is 4.98 Å². The number of rotatable bonds is 7. The fraction of sp³-hybridized carbons (Fsp3) is 0.161. The van der Waals surface area contributed by atoms with Crippen LogP contribution < -0.4 is 16.0 Å². The van der Waals surface area contributed by atoms with Gasteiger partial charge in [-0.3, -0.25) is 9.59 Å². The van der Waals surface area contributed by atoms with Crippen LogP contribution in [0.5, 0.6) is 0 Å². The molecule has 6 rings (SSSR count). The van der Waals surface area contributed by atoms with Crippen molar-refractivity contribution in [3.05, 3.63) is 95.1 Å². The molecular formula is C31H28N4O3. The summed E-state index contributed by atoms with van der Waals surface area (Å²) in [6.07, 6.45) is 0.654. The fourth-order valence-corrected chi connectivity index (χ4v) is 5.52. The average molecular weight is 505 g/mol. The number of nitrogens with two attached hydrogens (primary N) is 1. The van der Waals surface area contributed by atoms with Gasteiger partial charge >= 0.3 is 0 Å². The smallest absolute Gasteiger partial charge is 0.258 e. The predicted octanol–water partition coefficient (Wildman–Crippen LogP) is 5.35. The van der Waals surface area contributed by atoms with Gasteiger partial charge in [-0.25, -0.2) is 0 Å². The fourth-order valence-electron chi connectivity index (χ4n) is 5.52. The first kappa shape index (κ1) is 23.8. The van der Waals surface area contributed by atoms with E-state index in [9.17, 15) is 9.59 Å². The van der Waals surface area contributed by atoms with Crippen molar-refractivity contribution in [2.75, 3.05) is 23.4 Å². The third-order valence-electron chi connectivity index (χ3n) is 7.39. The Hall–Kier alpha value is -4.62. The first-order chi connectivity index (χ1) is 18.5.